The average Bonchev–Trinajstić information content (AvgIpc) is 3.07. The molecule has 1 aromatic rings. The number of nitrogens with zero attached hydrogens (tertiary/aromatic N) is 3. The number of carbonyl (C=O) groups is 1. The number of carbonyl (C=O) groups excluding carboxylic acids is 1. The highest BCUT2D eigenvalue weighted by molar-refractivity contribution is 6.00. The van der Waals surface area contributed by atoms with Gasteiger partial charge in [0.1, 0.15) is 5.84 Å². The molecule has 0 saturated carbocycles. The van der Waals surface area contributed by atoms with Gasteiger partial charge < -0.3 is 9.80 Å². The zero-order valence-corrected chi connectivity index (χ0v) is 14.6. The number of benzene rings is 1. The van der Waals surface area contributed by atoms with Gasteiger partial charge in [-0.2, -0.15) is 0 Å². The molecule has 3 rings (SSSR count). The van der Waals surface area contributed by atoms with Crippen LogP contribution in [0.1, 0.15) is 32.8 Å². The lowest BCUT2D eigenvalue weighted by atomic mass is 9.85. The van der Waals surface area contributed by atoms with Gasteiger partial charge in [0.2, 0.25) is 5.91 Å². The van der Waals surface area contributed by atoms with E-state index in [9.17, 15) is 4.79 Å². The van der Waals surface area contributed by atoms with Crippen molar-refractivity contribution in [2.45, 2.75) is 32.6 Å². The van der Waals surface area contributed by atoms with Crippen molar-refractivity contribution in [2.24, 2.45) is 5.10 Å². The smallest absolute Gasteiger partial charge is 0.230 e. The van der Waals surface area contributed by atoms with E-state index in [1.165, 1.54) is 11.3 Å². The summed E-state index contributed by atoms with van der Waals surface area (Å²) in [6, 6.07) is 8.58. The highest BCUT2D eigenvalue weighted by Gasteiger charge is 2.26. The van der Waals surface area contributed by atoms with E-state index in [0.29, 0.717) is 12.3 Å². The van der Waals surface area contributed by atoms with Gasteiger partial charge >= 0.3 is 0 Å². The van der Waals surface area contributed by atoms with E-state index in [4.69, 9.17) is 0 Å². The topological polar surface area (TPSA) is 72.0 Å². The molecule has 2 heterocycles. The molecule has 2 aliphatic rings. The van der Waals surface area contributed by atoms with Crippen LogP contribution in [0.3, 0.4) is 0 Å². The van der Waals surface area contributed by atoms with Crippen molar-refractivity contribution in [3.63, 3.8) is 0 Å². The predicted octanol–water partition coefficient (Wildman–Crippen LogP) is 0.949. The number of para-hydroxylation sites is 1. The van der Waals surface area contributed by atoms with Crippen LogP contribution in [0.2, 0.25) is 0 Å². The van der Waals surface area contributed by atoms with E-state index in [2.05, 4.69) is 71.5 Å². The van der Waals surface area contributed by atoms with Crippen LogP contribution in [-0.4, -0.2) is 42.8 Å². The van der Waals surface area contributed by atoms with Crippen molar-refractivity contribution in [3.8, 4) is 0 Å². The number of hydrazine groups is 2. The van der Waals surface area contributed by atoms with E-state index >= 15 is 0 Å². The molecule has 2 aliphatic heterocycles. The first kappa shape index (κ1) is 16.6. The Morgan fingerprint density at radius 1 is 1.17 bits per heavy atom. The van der Waals surface area contributed by atoms with Crippen molar-refractivity contribution in [1.82, 2.24) is 21.4 Å². The lowest BCUT2D eigenvalue weighted by Gasteiger charge is -2.38. The molecule has 130 valence electrons. The van der Waals surface area contributed by atoms with Crippen molar-refractivity contribution >= 4 is 17.4 Å². The largest absolute Gasteiger partial charge is 0.368 e. The van der Waals surface area contributed by atoms with Crippen LogP contribution >= 0.6 is 0 Å². The van der Waals surface area contributed by atoms with E-state index < -0.39 is 0 Å². The van der Waals surface area contributed by atoms with E-state index in [1.807, 2.05) is 4.90 Å². The van der Waals surface area contributed by atoms with Crippen LogP contribution in [-0.2, 0) is 10.2 Å². The maximum atomic E-state index is 12.4. The van der Waals surface area contributed by atoms with Gasteiger partial charge in [0, 0.05) is 31.9 Å². The predicted molar refractivity (Wildman–Crippen MR) is 95.4 cm³/mol. The summed E-state index contributed by atoms with van der Waals surface area (Å²) in [5.41, 5.74) is 10.8. The number of piperazine rings is 1. The average molecular weight is 330 g/mol. The lowest BCUT2D eigenvalue weighted by molar-refractivity contribution is -0.130. The molecule has 7 heteroatoms. The molecule has 0 unspecified atom stereocenters. The van der Waals surface area contributed by atoms with Crippen LogP contribution in [0, 0.1) is 0 Å². The Bertz CT molecular complexity index is 628. The number of rotatable bonds is 3. The van der Waals surface area contributed by atoms with Crippen LogP contribution < -0.4 is 21.4 Å². The van der Waals surface area contributed by atoms with Gasteiger partial charge in [0.25, 0.3) is 0 Å². The number of amides is 1. The number of anilines is 1. The van der Waals surface area contributed by atoms with Crippen LogP contribution in [0.5, 0.6) is 0 Å². The molecular formula is C17H26N6O. The highest BCUT2D eigenvalue weighted by atomic mass is 16.2. The molecule has 0 bridgehead atoms. The standard InChI is InChI=1S/C17H26N6O/c1-17(2,3)13-6-4-5-7-14(13)22-8-10-23(11-9-22)16(24)12-15-18-20-21-19-15/h4-7,20-21H,8-12H2,1-3H3,(H,18,19). The summed E-state index contributed by atoms with van der Waals surface area (Å²) in [5.74, 6) is 0.732. The molecular weight excluding hydrogens is 304 g/mol. The molecule has 1 fully saturated rings. The van der Waals surface area contributed by atoms with Gasteiger partial charge in [0.15, 0.2) is 0 Å². The van der Waals surface area contributed by atoms with Crippen molar-refractivity contribution in [3.05, 3.63) is 29.8 Å². The molecule has 7 nitrogen and oxygen atoms in total. The second kappa shape index (κ2) is 6.68. The summed E-state index contributed by atoms with van der Waals surface area (Å²) < 4.78 is 0. The Kier molecular flexibility index (Phi) is 4.62. The third-order valence-electron chi connectivity index (χ3n) is 4.46. The van der Waals surface area contributed by atoms with Gasteiger partial charge in [-0.25, -0.2) is 5.53 Å². The minimum absolute atomic E-state index is 0.107. The van der Waals surface area contributed by atoms with E-state index in [-0.39, 0.29) is 11.3 Å². The summed E-state index contributed by atoms with van der Waals surface area (Å²) in [7, 11) is 0. The molecule has 1 saturated heterocycles. The second-order valence-electron chi connectivity index (χ2n) is 7.23. The van der Waals surface area contributed by atoms with Crippen LogP contribution in [0.4, 0.5) is 5.69 Å². The maximum absolute atomic E-state index is 12.4. The number of hydrogen-bond donors (Lipinski definition) is 3. The van der Waals surface area contributed by atoms with Gasteiger partial charge in [0.05, 0.1) is 6.42 Å². The number of nitrogens with one attached hydrogen (secondary N) is 3. The van der Waals surface area contributed by atoms with Crippen LogP contribution in [0.15, 0.2) is 29.4 Å². The highest BCUT2D eigenvalue weighted by Crippen LogP contribution is 2.32. The lowest BCUT2D eigenvalue weighted by Crippen LogP contribution is -2.50. The fourth-order valence-corrected chi connectivity index (χ4v) is 3.14. The molecule has 0 atom stereocenters. The first-order valence-corrected chi connectivity index (χ1v) is 8.40. The molecule has 3 N–H and O–H groups in total. The number of amidine groups is 1. The second-order valence-corrected chi connectivity index (χ2v) is 7.23. The minimum Gasteiger partial charge on any atom is -0.368 e. The Hall–Kier alpha value is -2.28. The van der Waals surface area contributed by atoms with E-state index in [0.717, 1.165) is 26.2 Å². The van der Waals surface area contributed by atoms with Crippen molar-refractivity contribution in [2.75, 3.05) is 31.1 Å². The maximum Gasteiger partial charge on any atom is 0.230 e. The number of hydrogen-bond acceptors (Lipinski definition) is 6. The summed E-state index contributed by atoms with van der Waals surface area (Å²) in [6.45, 7) is 9.91. The Morgan fingerprint density at radius 2 is 1.88 bits per heavy atom. The fraction of sp³-hybridized carbons (Fsp3) is 0.529. The Balaban J connectivity index is 1.62. The molecule has 0 aliphatic carbocycles. The monoisotopic (exact) mass is 330 g/mol. The SMILES string of the molecule is CC(C)(C)c1ccccc1N1CCN(C(=O)CC2=NNNN2)CC1. The quantitative estimate of drug-likeness (QED) is 0.770. The molecule has 1 aromatic carbocycles. The Morgan fingerprint density at radius 3 is 2.50 bits per heavy atom. The van der Waals surface area contributed by atoms with Gasteiger partial charge in [-0.05, 0) is 17.0 Å². The number of hydrazone groups is 1. The van der Waals surface area contributed by atoms with Crippen molar-refractivity contribution < 1.29 is 4.79 Å². The van der Waals surface area contributed by atoms with Gasteiger partial charge in [-0.1, -0.05) is 39.0 Å². The van der Waals surface area contributed by atoms with Gasteiger partial charge in [-0.15, -0.1) is 10.6 Å². The molecule has 0 spiro atoms. The zero-order chi connectivity index (χ0) is 17.2. The molecule has 0 aromatic heterocycles. The van der Waals surface area contributed by atoms with Crippen molar-refractivity contribution in [1.29, 1.82) is 0 Å². The normalized spacial score (nSPS) is 18.0. The third-order valence-corrected chi connectivity index (χ3v) is 4.46. The summed E-state index contributed by atoms with van der Waals surface area (Å²) >= 11 is 0. The first-order valence-electron chi connectivity index (χ1n) is 8.40. The minimum atomic E-state index is 0.107. The first-order chi connectivity index (χ1) is 11.4. The molecule has 1 amide bonds. The molecule has 24 heavy (non-hydrogen) atoms. The summed E-state index contributed by atoms with van der Waals surface area (Å²) in [4.78, 5) is 16.7. The summed E-state index contributed by atoms with van der Waals surface area (Å²) in [5, 5.41) is 3.96. The zero-order valence-electron chi connectivity index (χ0n) is 14.6. The Labute approximate surface area is 143 Å². The molecule has 0 radical (unpaired) electrons. The van der Waals surface area contributed by atoms with E-state index in [1.54, 1.807) is 0 Å². The van der Waals surface area contributed by atoms with Crippen LogP contribution in [0.25, 0.3) is 0 Å². The third kappa shape index (κ3) is 3.62. The summed E-state index contributed by atoms with van der Waals surface area (Å²) in [6.07, 6.45) is 0.290. The fourth-order valence-electron chi connectivity index (χ4n) is 3.14. The van der Waals surface area contributed by atoms with Gasteiger partial charge in [-0.3, -0.25) is 10.2 Å².